The van der Waals surface area contributed by atoms with Crippen LogP contribution in [0.15, 0.2) is 29.2 Å². The van der Waals surface area contributed by atoms with E-state index in [9.17, 15) is 40.3 Å². The summed E-state index contributed by atoms with van der Waals surface area (Å²) in [4.78, 5) is 30.3. The third-order valence-electron chi connectivity index (χ3n) is 8.14. The van der Waals surface area contributed by atoms with E-state index in [0.29, 0.717) is 5.56 Å². The number of amides is 2. The molecule has 2 amide bonds. The molecule has 0 aromatic carbocycles. The molecule has 0 spiro atoms. The fourth-order valence-corrected chi connectivity index (χ4v) is 5.43. The van der Waals surface area contributed by atoms with Crippen LogP contribution in [0.5, 0.6) is 5.88 Å². The number of hydrogen-bond donors (Lipinski definition) is 2. The SMILES string of the molecule is C[C@@H](CC(=O)N[C@@H](c1cnn2cc([C@@H](NC(=O)c3conc3OCC(F)F)C3CCC(F)(F)CC3)nc2c1)C1CC1)C(F)(F)F. The van der Waals surface area contributed by atoms with Crippen molar-refractivity contribution in [3.63, 3.8) is 0 Å². The Bertz CT molecular complexity index is 1500. The Hall–Kier alpha value is -3.92. The summed E-state index contributed by atoms with van der Waals surface area (Å²) in [5.41, 5.74) is 0.824. The minimum atomic E-state index is -4.51. The molecule has 0 aliphatic heterocycles. The third kappa shape index (κ3) is 8.03. The monoisotopic (exact) mass is 648 g/mol. The number of fused-ring (bicyclic) bond motifs is 1. The van der Waals surface area contributed by atoms with Crippen LogP contribution in [0, 0.1) is 17.8 Å². The van der Waals surface area contributed by atoms with Gasteiger partial charge in [-0.2, -0.15) is 18.3 Å². The van der Waals surface area contributed by atoms with Crippen molar-refractivity contribution in [2.45, 2.75) is 82.5 Å². The molecule has 2 fully saturated rings. The van der Waals surface area contributed by atoms with E-state index < -0.39 is 86.0 Å². The highest BCUT2D eigenvalue weighted by Crippen LogP contribution is 2.43. The summed E-state index contributed by atoms with van der Waals surface area (Å²) < 4.78 is 103. The summed E-state index contributed by atoms with van der Waals surface area (Å²) in [7, 11) is 0. The van der Waals surface area contributed by atoms with Gasteiger partial charge in [0.25, 0.3) is 18.2 Å². The van der Waals surface area contributed by atoms with Gasteiger partial charge in [-0.05, 0) is 54.3 Å². The molecule has 45 heavy (non-hydrogen) atoms. The minimum absolute atomic E-state index is 0.00910. The van der Waals surface area contributed by atoms with E-state index in [1.165, 1.54) is 16.9 Å². The normalized spacial score (nSPS) is 19.3. The average Bonchev–Trinajstić information content (AvgIpc) is 3.53. The number of alkyl halides is 7. The van der Waals surface area contributed by atoms with E-state index in [1.54, 1.807) is 6.07 Å². The molecule has 3 aromatic rings. The number of nitrogens with one attached hydrogen (secondary N) is 2. The molecule has 0 saturated heterocycles. The lowest BCUT2D eigenvalue weighted by atomic mass is 9.81. The highest BCUT2D eigenvalue weighted by Gasteiger charge is 2.41. The average molecular weight is 649 g/mol. The summed E-state index contributed by atoms with van der Waals surface area (Å²) in [5.74, 6) is -7.15. The zero-order valence-corrected chi connectivity index (χ0v) is 24.0. The largest absolute Gasteiger partial charge is 0.469 e. The number of hydrogen-bond acceptors (Lipinski definition) is 7. The number of imidazole rings is 1. The van der Waals surface area contributed by atoms with Crippen LogP contribution in [0.2, 0.25) is 0 Å². The Morgan fingerprint density at radius 2 is 1.80 bits per heavy atom. The lowest BCUT2D eigenvalue weighted by Crippen LogP contribution is -2.37. The van der Waals surface area contributed by atoms with E-state index in [4.69, 9.17) is 9.26 Å². The summed E-state index contributed by atoms with van der Waals surface area (Å²) in [6, 6.07) is 0.128. The summed E-state index contributed by atoms with van der Waals surface area (Å²) in [6.07, 6.45) is -3.37. The second-order valence-corrected chi connectivity index (χ2v) is 11.7. The minimum Gasteiger partial charge on any atom is -0.469 e. The first kappa shape index (κ1) is 32.5. The van der Waals surface area contributed by atoms with Gasteiger partial charge in [-0.1, -0.05) is 6.92 Å². The molecular formula is C28H31F7N6O4. The molecule has 0 radical (unpaired) electrons. The summed E-state index contributed by atoms with van der Waals surface area (Å²) >= 11 is 0. The molecule has 0 bridgehead atoms. The Balaban J connectivity index is 1.39. The molecule has 3 aromatic heterocycles. The smallest absolute Gasteiger partial charge is 0.392 e. The highest BCUT2D eigenvalue weighted by molar-refractivity contribution is 5.96. The van der Waals surface area contributed by atoms with E-state index in [2.05, 4.69) is 25.9 Å². The van der Waals surface area contributed by atoms with Gasteiger partial charge in [0.15, 0.2) is 12.3 Å². The highest BCUT2D eigenvalue weighted by atomic mass is 19.4. The second-order valence-electron chi connectivity index (χ2n) is 11.7. The molecule has 3 atom stereocenters. The maximum absolute atomic E-state index is 14.0. The Morgan fingerprint density at radius 3 is 2.44 bits per heavy atom. The first-order chi connectivity index (χ1) is 21.2. The molecule has 246 valence electrons. The molecule has 0 unspecified atom stereocenters. The molecule has 5 rings (SSSR count). The molecule has 2 aliphatic carbocycles. The standard InChI is InChI=1S/C28H31F7N6O4/c1-14(28(33,34)35)8-22(42)38-23(15-2-3-15)17-9-21-37-19(11-41(21)36-10-17)24(16-4-6-27(31,32)7-5-16)39-25(43)18-12-45-40-26(18)44-13-20(29)30/h9-12,14-16,20,23-24H,2-8,13H2,1H3,(H,38,42)(H,39,43)/t14-,23+,24-/m0/s1. The van der Waals surface area contributed by atoms with Crippen molar-refractivity contribution < 1.29 is 49.6 Å². The maximum Gasteiger partial charge on any atom is 0.392 e. The van der Waals surface area contributed by atoms with Gasteiger partial charge < -0.3 is 19.9 Å². The third-order valence-corrected chi connectivity index (χ3v) is 8.14. The molecular weight excluding hydrogens is 617 g/mol. The van der Waals surface area contributed by atoms with Crippen molar-refractivity contribution in [2.75, 3.05) is 6.61 Å². The fourth-order valence-electron chi connectivity index (χ4n) is 5.43. The van der Waals surface area contributed by atoms with Crippen LogP contribution >= 0.6 is 0 Å². The summed E-state index contributed by atoms with van der Waals surface area (Å²) in [5, 5.41) is 13.2. The summed E-state index contributed by atoms with van der Waals surface area (Å²) in [6.45, 7) is -0.0909. The predicted molar refractivity (Wildman–Crippen MR) is 142 cm³/mol. The molecule has 2 saturated carbocycles. The zero-order valence-electron chi connectivity index (χ0n) is 24.0. The van der Waals surface area contributed by atoms with E-state index in [0.717, 1.165) is 26.0 Å². The van der Waals surface area contributed by atoms with Crippen molar-refractivity contribution in [3.05, 3.63) is 41.5 Å². The molecule has 17 heteroatoms. The second kappa shape index (κ2) is 12.8. The van der Waals surface area contributed by atoms with Crippen LogP contribution in [0.3, 0.4) is 0 Å². The first-order valence-corrected chi connectivity index (χ1v) is 14.5. The van der Waals surface area contributed by atoms with Crippen LogP contribution in [0.1, 0.15) is 85.6 Å². The Labute approximate surface area is 252 Å². The van der Waals surface area contributed by atoms with Crippen LogP contribution in [-0.4, -0.2) is 56.7 Å². The lowest BCUT2D eigenvalue weighted by Gasteiger charge is -2.33. The van der Waals surface area contributed by atoms with Crippen LogP contribution in [-0.2, 0) is 4.79 Å². The van der Waals surface area contributed by atoms with E-state index in [1.807, 2.05) is 0 Å². The maximum atomic E-state index is 14.0. The molecule has 2 aliphatic rings. The van der Waals surface area contributed by atoms with Crippen LogP contribution in [0.25, 0.3) is 5.65 Å². The topological polar surface area (TPSA) is 124 Å². The Morgan fingerprint density at radius 1 is 1.11 bits per heavy atom. The van der Waals surface area contributed by atoms with Crippen molar-refractivity contribution in [3.8, 4) is 5.88 Å². The predicted octanol–water partition coefficient (Wildman–Crippen LogP) is 5.81. The van der Waals surface area contributed by atoms with Gasteiger partial charge in [-0.15, -0.1) is 0 Å². The molecule has 10 nitrogen and oxygen atoms in total. The van der Waals surface area contributed by atoms with Gasteiger partial charge >= 0.3 is 6.18 Å². The zero-order chi connectivity index (χ0) is 32.5. The fraction of sp³-hybridized carbons (Fsp3) is 0.607. The van der Waals surface area contributed by atoms with Crippen LogP contribution in [0.4, 0.5) is 30.7 Å². The van der Waals surface area contributed by atoms with Gasteiger partial charge in [-0.3, -0.25) is 9.59 Å². The Kier molecular flexibility index (Phi) is 9.26. The van der Waals surface area contributed by atoms with E-state index in [-0.39, 0.29) is 35.7 Å². The van der Waals surface area contributed by atoms with Crippen molar-refractivity contribution in [1.82, 2.24) is 30.4 Å². The van der Waals surface area contributed by atoms with Gasteiger partial charge in [-0.25, -0.2) is 27.1 Å². The van der Waals surface area contributed by atoms with Crippen molar-refractivity contribution >= 4 is 17.5 Å². The van der Waals surface area contributed by atoms with Gasteiger partial charge in [0.2, 0.25) is 11.8 Å². The lowest BCUT2D eigenvalue weighted by molar-refractivity contribution is -0.174. The molecule has 2 N–H and O–H groups in total. The van der Waals surface area contributed by atoms with E-state index >= 15 is 0 Å². The number of rotatable bonds is 12. The number of ether oxygens (including phenoxy) is 1. The number of halogens is 7. The number of aromatic nitrogens is 4. The van der Waals surface area contributed by atoms with Crippen molar-refractivity contribution in [2.24, 2.45) is 17.8 Å². The van der Waals surface area contributed by atoms with Gasteiger partial charge in [0.1, 0.15) is 11.8 Å². The van der Waals surface area contributed by atoms with Crippen molar-refractivity contribution in [1.29, 1.82) is 0 Å². The van der Waals surface area contributed by atoms with Gasteiger partial charge in [0.05, 0.1) is 36.1 Å². The number of nitrogens with zero attached hydrogens (tertiary/aromatic N) is 4. The van der Waals surface area contributed by atoms with Crippen LogP contribution < -0.4 is 15.4 Å². The van der Waals surface area contributed by atoms with Gasteiger partial charge in [0, 0.05) is 19.3 Å². The quantitative estimate of drug-likeness (QED) is 0.238. The first-order valence-electron chi connectivity index (χ1n) is 14.5. The number of carbonyl (C=O) groups is 2. The number of carbonyl (C=O) groups excluding carboxylic acids is 2. The molecule has 3 heterocycles.